The predicted octanol–water partition coefficient (Wildman–Crippen LogP) is 1.72. The van der Waals surface area contributed by atoms with Gasteiger partial charge in [0.05, 0.1) is 12.2 Å². The highest BCUT2D eigenvalue weighted by Gasteiger charge is 2.33. The Hall–Kier alpha value is -1.62. The molecule has 0 spiro atoms. The normalized spacial score (nSPS) is 29.6. The summed E-state index contributed by atoms with van der Waals surface area (Å²) in [6.45, 7) is 0.690. The first kappa shape index (κ1) is 13.4. The van der Waals surface area contributed by atoms with Crippen LogP contribution in [-0.2, 0) is 16.6 Å². The molecule has 2 aliphatic rings. The number of amides is 1. The number of allylic oxidation sites excluding steroid dienone is 2. The smallest absolute Gasteiger partial charge is 0.223 e. The van der Waals surface area contributed by atoms with Crippen molar-refractivity contribution >= 4 is 5.91 Å². The van der Waals surface area contributed by atoms with Gasteiger partial charge in [0.25, 0.3) is 0 Å². The maximum absolute atomic E-state index is 12.3. The van der Waals surface area contributed by atoms with E-state index in [1.165, 1.54) is 0 Å². The summed E-state index contributed by atoms with van der Waals surface area (Å²) < 4.78 is 7.54. The molecule has 0 radical (unpaired) electrons. The molecule has 1 fully saturated rings. The van der Waals surface area contributed by atoms with Crippen LogP contribution in [0, 0.1) is 5.92 Å². The van der Waals surface area contributed by atoms with Crippen molar-refractivity contribution in [2.45, 2.75) is 37.8 Å². The molecular formula is C15H21N3O2. The van der Waals surface area contributed by atoms with Gasteiger partial charge in [0.2, 0.25) is 5.91 Å². The Bertz CT molecular complexity index is 509. The third-order valence-corrected chi connectivity index (χ3v) is 4.11. The highest BCUT2D eigenvalue weighted by molar-refractivity contribution is 5.79. The minimum atomic E-state index is -0.0632. The van der Waals surface area contributed by atoms with Crippen LogP contribution in [-0.4, -0.2) is 28.3 Å². The predicted molar refractivity (Wildman–Crippen MR) is 74.9 cm³/mol. The molecule has 0 saturated carbocycles. The first-order chi connectivity index (χ1) is 9.74. The molecule has 3 atom stereocenters. The molecule has 0 unspecified atom stereocenters. The highest BCUT2D eigenvalue weighted by Crippen LogP contribution is 2.29. The maximum Gasteiger partial charge on any atom is 0.223 e. The van der Waals surface area contributed by atoms with Crippen molar-refractivity contribution in [2.24, 2.45) is 13.0 Å². The monoisotopic (exact) mass is 275 g/mol. The van der Waals surface area contributed by atoms with Crippen LogP contribution in [0.2, 0.25) is 0 Å². The number of carbonyl (C=O) groups excluding carboxylic acids is 1. The molecule has 1 N–H and O–H groups in total. The molecule has 2 heterocycles. The maximum atomic E-state index is 12.3. The zero-order valence-electron chi connectivity index (χ0n) is 11.8. The first-order valence-electron chi connectivity index (χ1n) is 7.29. The summed E-state index contributed by atoms with van der Waals surface area (Å²) in [5, 5.41) is 7.35. The van der Waals surface area contributed by atoms with Crippen LogP contribution in [0.4, 0.5) is 0 Å². The minimum absolute atomic E-state index is 0.0632. The van der Waals surface area contributed by atoms with Gasteiger partial charge in [0.1, 0.15) is 6.10 Å². The van der Waals surface area contributed by atoms with Gasteiger partial charge >= 0.3 is 0 Å². The number of rotatable bonds is 3. The molecule has 20 heavy (non-hydrogen) atoms. The summed E-state index contributed by atoms with van der Waals surface area (Å²) in [7, 11) is 1.89. The zero-order valence-corrected chi connectivity index (χ0v) is 11.8. The fourth-order valence-corrected chi connectivity index (χ4v) is 2.99. The third-order valence-electron chi connectivity index (χ3n) is 4.11. The largest absolute Gasteiger partial charge is 0.371 e. The highest BCUT2D eigenvalue weighted by atomic mass is 16.5. The van der Waals surface area contributed by atoms with Crippen LogP contribution in [0.15, 0.2) is 24.5 Å². The standard InChI is InChI=1S/C15H21N3O2/c1-18-10-12(9-16-18)14-13(7-8-20-14)17-15(19)11-5-3-2-4-6-11/h2-3,9-11,13-14H,4-8H2,1H3,(H,17,19)/t11-,13+,14-/m1/s1. The fraction of sp³-hybridized carbons (Fsp3) is 0.600. The molecule has 5 nitrogen and oxygen atoms in total. The lowest BCUT2D eigenvalue weighted by atomic mass is 9.93. The summed E-state index contributed by atoms with van der Waals surface area (Å²) in [6.07, 6.45) is 11.7. The quantitative estimate of drug-likeness (QED) is 0.855. The molecule has 1 aliphatic carbocycles. The topological polar surface area (TPSA) is 56.1 Å². The Kier molecular flexibility index (Phi) is 3.87. The van der Waals surface area contributed by atoms with Crippen molar-refractivity contribution in [3.8, 4) is 0 Å². The lowest BCUT2D eigenvalue weighted by molar-refractivity contribution is -0.126. The van der Waals surface area contributed by atoms with E-state index in [9.17, 15) is 4.79 Å². The Balaban J connectivity index is 1.64. The molecular weight excluding hydrogens is 254 g/mol. The summed E-state index contributed by atoms with van der Waals surface area (Å²) in [6, 6.07) is 0.0672. The van der Waals surface area contributed by atoms with Crippen molar-refractivity contribution in [3.05, 3.63) is 30.1 Å². The van der Waals surface area contributed by atoms with Gasteiger partial charge in [-0.3, -0.25) is 9.48 Å². The number of aryl methyl sites for hydroxylation is 1. The van der Waals surface area contributed by atoms with Crippen LogP contribution in [0.3, 0.4) is 0 Å². The molecule has 1 aliphatic heterocycles. The zero-order chi connectivity index (χ0) is 13.9. The number of nitrogens with one attached hydrogen (secondary N) is 1. The number of hydrogen-bond donors (Lipinski definition) is 1. The Morgan fingerprint density at radius 1 is 1.45 bits per heavy atom. The lowest BCUT2D eigenvalue weighted by Gasteiger charge is -2.23. The summed E-state index contributed by atoms with van der Waals surface area (Å²) in [4.78, 5) is 12.3. The molecule has 1 amide bonds. The van der Waals surface area contributed by atoms with Crippen molar-refractivity contribution in [1.82, 2.24) is 15.1 Å². The lowest BCUT2D eigenvalue weighted by Crippen LogP contribution is -2.40. The second-order valence-electron chi connectivity index (χ2n) is 5.62. The number of hydrogen-bond acceptors (Lipinski definition) is 3. The Morgan fingerprint density at radius 2 is 2.35 bits per heavy atom. The minimum Gasteiger partial charge on any atom is -0.371 e. The van der Waals surface area contributed by atoms with E-state index in [0.717, 1.165) is 31.2 Å². The average molecular weight is 275 g/mol. The van der Waals surface area contributed by atoms with E-state index in [-0.39, 0.29) is 24.0 Å². The summed E-state index contributed by atoms with van der Waals surface area (Å²) in [5.74, 6) is 0.286. The molecule has 0 bridgehead atoms. The van der Waals surface area contributed by atoms with Gasteiger partial charge < -0.3 is 10.1 Å². The van der Waals surface area contributed by atoms with E-state index in [2.05, 4.69) is 22.6 Å². The van der Waals surface area contributed by atoms with E-state index < -0.39 is 0 Å². The van der Waals surface area contributed by atoms with Crippen molar-refractivity contribution in [1.29, 1.82) is 0 Å². The summed E-state index contributed by atoms with van der Waals surface area (Å²) in [5.41, 5.74) is 1.04. The molecule has 3 rings (SSSR count). The van der Waals surface area contributed by atoms with E-state index in [1.54, 1.807) is 4.68 Å². The molecule has 1 aromatic heterocycles. The molecule has 0 aromatic carbocycles. The van der Waals surface area contributed by atoms with Gasteiger partial charge in [-0.05, 0) is 25.7 Å². The van der Waals surface area contributed by atoms with E-state index in [4.69, 9.17) is 4.74 Å². The van der Waals surface area contributed by atoms with Crippen LogP contribution in [0.5, 0.6) is 0 Å². The third kappa shape index (κ3) is 2.77. The fourth-order valence-electron chi connectivity index (χ4n) is 2.99. The van der Waals surface area contributed by atoms with E-state index >= 15 is 0 Å². The van der Waals surface area contributed by atoms with Crippen LogP contribution < -0.4 is 5.32 Å². The van der Waals surface area contributed by atoms with Gasteiger partial charge in [-0.1, -0.05) is 12.2 Å². The Labute approximate surface area is 119 Å². The van der Waals surface area contributed by atoms with E-state index in [0.29, 0.717) is 6.61 Å². The SMILES string of the molecule is Cn1cc([C@H]2OCC[C@@H]2NC(=O)[C@@H]2CC=CCC2)cn1. The molecule has 5 heteroatoms. The second-order valence-corrected chi connectivity index (χ2v) is 5.62. The van der Waals surface area contributed by atoms with Gasteiger partial charge in [0, 0.05) is 31.3 Å². The molecule has 108 valence electrons. The molecule has 1 saturated heterocycles. The number of nitrogens with zero attached hydrogens (tertiary/aromatic N) is 2. The van der Waals surface area contributed by atoms with Crippen molar-refractivity contribution in [3.63, 3.8) is 0 Å². The van der Waals surface area contributed by atoms with E-state index in [1.807, 2.05) is 19.4 Å². The summed E-state index contributed by atoms with van der Waals surface area (Å²) >= 11 is 0. The Morgan fingerprint density at radius 3 is 3.05 bits per heavy atom. The van der Waals surface area contributed by atoms with Gasteiger partial charge in [-0.25, -0.2) is 0 Å². The van der Waals surface area contributed by atoms with Gasteiger partial charge in [-0.2, -0.15) is 5.10 Å². The van der Waals surface area contributed by atoms with Crippen molar-refractivity contribution in [2.75, 3.05) is 6.61 Å². The number of ether oxygens (including phenoxy) is 1. The average Bonchev–Trinajstić information content (AvgIpc) is 3.08. The van der Waals surface area contributed by atoms with Crippen LogP contribution in [0.25, 0.3) is 0 Å². The number of aromatic nitrogens is 2. The van der Waals surface area contributed by atoms with Gasteiger partial charge in [-0.15, -0.1) is 0 Å². The van der Waals surface area contributed by atoms with Crippen molar-refractivity contribution < 1.29 is 9.53 Å². The first-order valence-corrected chi connectivity index (χ1v) is 7.29. The number of carbonyl (C=O) groups is 1. The van der Waals surface area contributed by atoms with Gasteiger partial charge in [0.15, 0.2) is 0 Å². The van der Waals surface area contributed by atoms with Crippen LogP contribution in [0.1, 0.15) is 37.4 Å². The second kappa shape index (κ2) is 5.79. The molecule has 1 aromatic rings. The van der Waals surface area contributed by atoms with Crippen LogP contribution >= 0.6 is 0 Å².